The van der Waals surface area contributed by atoms with E-state index in [-0.39, 0.29) is 11.2 Å². The number of anilines is 2. The predicted octanol–water partition coefficient (Wildman–Crippen LogP) is 3.75. The molecule has 2 atom stereocenters. The van der Waals surface area contributed by atoms with E-state index in [9.17, 15) is 4.79 Å². The van der Waals surface area contributed by atoms with Crippen molar-refractivity contribution in [3.63, 3.8) is 0 Å². The third-order valence-electron chi connectivity index (χ3n) is 3.43. The minimum absolute atomic E-state index is 0.0467. The van der Waals surface area contributed by atoms with Crippen LogP contribution in [0.5, 0.6) is 0 Å². The number of nitrogens with zero attached hydrogens (tertiary/aromatic N) is 2. The lowest BCUT2D eigenvalue weighted by Gasteiger charge is -2.17. The van der Waals surface area contributed by atoms with Crippen LogP contribution in [0.1, 0.15) is 38.7 Å². The van der Waals surface area contributed by atoms with E-state index in [0.29, 0.717) is 15.4 Å². The standard InChI is InChI=1S/C15H20N4OS2/c1-4-9(2)11-7-5-6-8-12(11)17-13(20)10(3)21-15-19-18-14(16)22-15/h5-10H,4H2,1-3H3,(H2,16,18)(H,17,20)/t9-,10+/m1/s1. The van der Waals surface area contributed by atoms with Crippen molar-refractivity contribution in [3.05, 3.63) is 29.8 Å². The number of aromatic nitrogens is 2. The summed E-state index contributed by atoms with van der Waals surface area (Å²) >= 11 is 2.65. The van der Waals surface area contributed by atoms with Gasteiger partial charge >= 0.3 is 0 Å². The van der Waals surface area contributed by atoms with E-state index in [1.807, 2.05) is 25.1 Å². The Morgan fingerprint density at radius 2 is 2.09 bits per heavy atom. The molecule has 1 amide bonds. The maximum Gasteiger partial charge on any atom is 0.237 e. The fraction of sp³-hybridized carbons (Fsp3) is 0.400. The summed E-state index contributed by atoms with van der Waals surface area (Å²) in [6.07, 6.45) is 1.03. The van der Waals surface area contributed by atoms with Crippen molar-refractivity contribution in [2.45, 2.75) is 42.7 Å². The van der Waals surface area contributed by atoms with Gasteiger partial charge in [0.1, 0.15) is 0 Å². The molecule has 118 valence electrons. The van der Waals surface area contributed by atoms with Gasteiger partial charge in [-0.05, 0) is 30.9 Å². The number of rotatable bonds is 6. The summed E-state index contributed by atoms with van der Waals surface area (Å²) in [4.78, 5) is 12.4. The fourth-order valence-corrected chi connectivity index (χ4v) is 3.75. The molecule has 3 N–H and O–H groups in total. The Bertz CT molecular complexity index is 644. The molecule has 0 aliphatic heterocycles. The van der Waals surface area contributed by atoms with Crippen molar-refractivity contribution in [1.29, 1.82) is 0 Å². The molecular weight excluding hydrogens is 316 g/mol. The number of benzene rings is 1. The molecule has 22 heavy (non-hydrogen) atoms. The SMILES string of the molecule is CC[C@@H](C)c1ccccc1NC(=O)[C@H](C)Sc1nnc(N)s1. The first kappa shape index (κ1) is 16.8. The number of carbonyl (C=O) groups excluding carboxylic acids is 1. The molecule has 0 radical (unpaired) electrons. The van der Waals surface area contributed by atoms with Gasteiger partial charge in [0, 0.05) is 5.69 Å². The number of nitrogens with two attached hydrogens (primary N) is 1. The highest BCUT2D eigenvalue weighted by atomic mass is 32.2. The minimum atomic E-state index is -0.266. The topological polar surface area (TPSA) is 80.9 Å². The number of carbonyl (C=O) groups is 1. The zero-order chi connectivity index (χ0) is 16.1. The Hall–Kier alpha value is -1.60. The Balaban J connectivity index is 2.05. The highest BCUT2D eigenvalue weighted by molar-refractivity contribution is 8.02. The highest BCUT2D eigenvalue weighted by Gasteiger charge is 2.18. The number of nitrogens with one attached hydrogen (secondary N) is 1. The molecule has 1 aromatic heterocycles. The van der Waals surface area contributed by atoms with E-state index in [1.54, 1.807) is 0 Å². The fourth-order valence-electron chi connectivity index (χ4n) is 1.97. The van der Waals surface area contributed by atoms with Crippen molar-refractivity contribution in [3.8, 4) is 0 Å². The average Bonchev–Trinajstić information content (AvgIpc) is 2.92. The van der Waals surface area contributed by atoms with Crippen LogP contribution in [0.4, 0.5) is 10.8 Å². The van der Waals surface area contributed by atoms with Crippen molar-refractivity contribution in [2.24, 2.45) is 0 Å². The second kappa shape index (κ2) is 7.60. The van der Waals surface area contributed by atoms with Crippen molar-refractivity contribution < 1.29 is 4.79 Å². The van der Waals surface area contributed by atoms with Crippen LogP contribution < -0.4 is 11.1 Å². The number of para-hydroxylation sites is 1. The van der Waals surface area contributed by atoms with Crippen LogP contribution >= 0.6 is 23.1 Å². The summed E-state index contributed by atoms with van der Waals surface area (Å²) in [6.45, 7) is 6.15. The number of amides is 1. The molecule has 0 saturated carbocycles. The molecule has 0 spiro atoms. The highest BCUT2D eigenvalue weighted by Crippen LogP contribution is 2.30. The van der Waals surface area contributed by atoms with Crippen LogP contribution in [-0.4, -0.2) is 21.4 Å². The Labute approximate surface area is 138 Å². The van der Waals surface area contributed by atoms with E-state index in [2.05, 4.69) is 35.4 Å². The normalized spacial score (nSPS) is 13.6. The molecular formula is C15H20N4OS2. The van der Waals surface area contributed by atoms with Gasteiger partial charge in [0.05, 0.1) is 5.25 Å². The third kappa shape index (κ3) is 4.20. The lowest BCUT2D eigenvalue weighted by molar-refractivity contribution is -0.115. The molecule has 1 aromatic carbocycles. The van der Waals surface area contributed by atoms with Gasteiger partial charge in [-0.25, -0.2) is 0 Å². The number of thioether (sulfide) groups is 1. The zero-order valence-electron chi connectivity index (χ0n) is 12.9. The second-order valence-corrected chi connectivity index (χ2v) is 7.65. The van der Waals surface area contributed by atoms with Crippen molar-refractivity contribution in [2.75, 3.05) is 11.1 Å². The molecule has 0 bridgehead atoms. The number of hydrogen-bond acceptors (Lipinski definition) is 6. The lowest BCUT2D eigenvalue weighted by atomic mass is 9.97. The lowest BCUT2D eigenvalue weighted by Crippen LogP contribution is -2.23. The molecule has 0 aliphatic rings. The van der Waals surface area contributed by atoms with Crippen molar-refractivity contribution >= 4 is 39.8 Å². The first-order valence-corrected chi connectivity index (χ1v) is 8.86. The van der Waals surface area contributed by atoms with Crippen LogP contribution in [0, 0.1) is 0 Å². The monoisotopic (exact) mass is 336 g/mol. The van der Waals surface area contributed by atoms with Crippen molar-refractivity contribution in [1.82, 2.24) is 10.2 Å². The van der Waals surface area contributed by atoms with E-state index < -0.39 is 0 Å². The number of hydrogen-bond donors (Lipinski definition) is 2. The Kier molecular flexibility index (Phi) is 5.79. The summed E-state index contributed by atoms with van der Waals surface area (Å²) in [6, 6.07) is 7.94. The molecule has 0 fully saturated rings. The Morgan fingerprint density at radius 1 is 1.36 bits per heavy atom. The minimum Gasteiger partial charge on any atom is -0.374 e. The summed E-state index contributed by atoms with van der Waals surface area (Å²) in [5.74, 6) is 0.358. The smallest absolute Gasteiger partial charge is 0.237 e. The predicted molar refractivity (Wildman–Crippen MR) is 93.4 cm³/mol. The average molecular weight is 336 g/mol. The van der Waals surface area contributed by atoms with Gasteiger partial charge in [-0.2, -0.15) is 0 Å². The van der Waals surface area contributed by atoms with Gasteiger partial charge in [0.25, 0.3) is 0 Å². The summed E-state index contributed by atoms with van der Waals surface area (Å²) in [7, 11) is 0. The molecule has 2 rings (SSSR count). The van der Waals surface area contributed by atoms with Gasteiger partial charge in [0.2, 0.25) is 11.0 Å². The van der Waals surface area contributed by atoms with Crippen LogP contribution in [-0.2, 0) is 4.79 Å². The van der Waals surface area contributed by atoms with Gasteiger partial charge in [0.15, 0.2) is 4.34 Å². The largest absolute Gasteiger partial charge is 0.374 e. The molecule has 0 saturated heterocycles. The van der Waals surface area contributed by atoms with Crippen LogP contribution in [0.2, 0.25) is 0 Å². The van der Waals surface area contributed by atoms with Gasteiger partial charge in [-0.15, -0.1) is 10.2 Å². The van der Waals surface area contributed by atoms with Gasteiger partial charge < -0.3 is 11.1 Å². The van der Waals surface area contributed by atoms with E-state index in [4.69, 9.17) is 5.73 Å². The first-order chi connectivity index (χ1) is 10.5. The van der Waals surface area contributed by atoms with Crippen LogP contribution in [0.25, 0.3) is 0 Å². The summed E-state index contributed by atoms with van der Waals surface area (Å²) in [5.41, 5.74) is 7.60. The molecule has 2 aromatic rings. The zero-order valence-corrected chi connectivity index (χ0v) is 14.5. The Morgan fingerprint density at radius 3 is 2.73 bits per heavy atom. The molecule has 0 aliphatic carbocycles. The molecule has 5 nitrogen and oxygen atoms in total. The van der Waals surface area contributed by atoms with Gasteiger partial charge in [-0.1, -0.05) is 55.1 Å². The number of nitrogen functional groups attached to an aromatic ring is 1. The van der Waals surface area contributed by atoms with E-state index >= 15 is 0 Å². The molecule has 0 unspecified atom stereocenters. The third-order valence-corrected chi connectivity index (χ3v) is 5.37. The summed E-state index contributed by atoms with van der Waals surface area (Å²) < 4.78 is 0.704. The maximum absolute atomic E-state index is 12.4. The van der Waals surface area contributed by atoms with Crippen LogP contribution in [0.15, 0.2) is 28.6 Å². The van der Waals surface area contributed by atoms with E-state index in [1.165, 1.54) is 23.1 Å². The molecule has 1 heterocycles. The molecule has 7 heteroatoms. The first-order valence-electron chi connectivity index (χ1n) is 7.16. The quantitative estimate of drug-likeness (QED) is 0.785. The van der Waals surface area contributed by atoms with Crippen LogP contribution in [0.3, 0.4) is 0 Å². The van der Waals surface area contributed by atoms with Gasteiger partial charge in [-0.3, -0.25) is 4.79 Å². The van der Waals surface area contributed by atoms with E-state index in [0.717, 1.165) is 17.7 Å². The summed E-state index contributed by atoms with van der Waals surface area (Å²) in [5, 5.41) is 10.9. The second-order valence-electron chi connectivity index (χ2n) is 5.05. The maximum atomic E-state index is 12.4.